The number of hydrogen-bond donors (Lipinski definition) is 0. The van der Waals surface area contributed by atoms with Gasteiger partial charge in [0, 0.05) is 36.6 Å². The fourth-order valence-electron chi connectivity index (χ4n) is 2.80. The molecule has 0 bridgehead atoms. The van der Waals surface area contributed by atoms with Gasteiger partial charge in [-0.15, -0.1) is 0 Å². The molecule has 0 unspecified atom stereocenters. The maximum Gasteiger partial charge on any atom is 0.129 e. The highest BCUT2D eigenvalue weighted by Gasteiger charge is 2.17. The smallest absolute Gasteiger partial charge is 0.129 e. The van der Waals surface area contributed by atoms with Crippen molar-refractivity contribution in [2.24, 2.45) is 0 Å². The number of likely N-dealkylation sites (N-methyl/N-ethyl adjacent to an activating group) is 1. The first-order valence-corrected chi connectivity index (χ1v) is 7.59. The number of pyridine rings is 1. The molecule has 2 aromatic rings. The van der Waals surface area contributed by atoms with E-state index in [1.165, 1.54) is 5.56 Å². The van der Waals surface area contributed by atoms with Crippen LogP contribution in [0.4, 0.5) is 5.82 Å². The van der Waals surface area contributed by atoms with Crippen molar-refractivity contribution < 1.29 is 0 Å². The SMILES string of the molecule is CCN1CCN(c2cc(C)c3cc(Cl)ccc3n2)CC1. The van der Waals surface area contributed by atoms with Gasteiger partial charge in [0.05, 0.1) is 5.52 Å². The van der Waals surface area contributed by atoms with Gasteiger partial charge in [0.15, 0.2) is 0 Å². The van der Waals surface area contributed by atoms with Gasteiger partial charge < -0.3 is 9.80 Å². The van der Waals surface area contributed by atoms with Crippen LogP contribution in [0.1, 0.15) is 12.5 Å². The van der Waals surface area contributed by atoms with Gasteiger partial charge >= 0.3 is 0 Å². The topological polar surface area (TPSA) is 19.4 Å². The molecule has 3 rings (SSSR count). The Bertz CT molecular complexity index is 618. The summed E-state index contributed by atoms with van der Waals surface area (Å²) in [4.78, 5) is 9.66. The van der Waals surface area contributed by atoms with E-state index in [0.29, 0.717) is 0 Å². The summed E-state index contributed by atoms with van der Waals surface area (Å²) in [6.07, 6.45) is 0. The van der Waals surface area contributed by atoms with E-state index in [0.717, 1.165) is 54.5 Å². The van der Waals surface area contributed by atoms with Gasteiger partial charge in [-0.2, -0.15) is 0 Å². The molecule has 4 heteroatoms. The van der Waals surface area contributed by atoms with Crippen LogP contribution >= 0.6 is 11.6 Å². The number of piperazine rings is 1. The van der Waals surface area contributed by atoms with E-state index in [1.54, 1.807) is 0 Å². The van der Waals surface area contributed by atoms with Crippen LogP contribution in [-0.2, 0) is 0 Å². The average Bonchev–Trinajstić information content (AvgIpc) is 2.48. The molecular formula is C16H20ClN3. The number of halogens is 1. The molecule has 1 aliphatic rings. The second kappa shape index (κ2) is 5.58. The Morgan fingerprint density at radius 2 is 1.90 bits per heavy atom. The molecule has 0 N–H and O–H groups in total. The van der Waals surface area contributed by atoms with Crippen molar-refractivity contribution in [2.45, 2.75) is 13.8 Å². The minimum atomic E-state index is 0.770. The van der Waals surface area contributed by atoms with E-state index >= 15 is 0 Å². The summed E-state index contributed by atoms with van der Waals surface area (Å²) in [6.45, 7) is 9.84. The number of nitrogens with zero attached hydrogens (tertiary/aromatic N) is 3. The molecule has 0 amide bonds. The molecule has 106 valence electrons. The van der Waals surface area contributed by atoms with Crippen molar-refractivity contribution in [1.82, 2.24) is 9.88 Å². The monoisotopic (exact) mass is 289 g/mol. The molecule has 2 heterocycles. The molecule has 1 aromatic heterocycles. The third-order valence-corrected chi connectivity index (χ3v) is 4.34. The van der Waals surface area contributed by atoms with Crippen LogP contribution in [0.15, 0.2) is 24.3 Å². The molecule has 20 heavy (non-hydrogen) atoms. The molecule has 0 radical (unpaired) electrons. The van der Waals surface area contributed by atoms with Crippen molar-refractivity contribution in [2.75, 3.05) is 37.6 Å². The fraction of sp³-hybridized carbons (Fsp3) is 0.438. The van der Waals surface area contributed by atoms with Crippen molar-refractivity contribution in [1.29, 1.82) is 0 Å². The Balaban J connectivity index is 1.91. The summed E-state index contributed by atoms with van der Waals surface area (Å²) >= 11 is 6.07. The molecule has 0 aliphatic carbocycles. The Morgan fingerprint density at radius 3 is 2.60 bits per heavy atom. The molecule has 1 aromatic carbocycles. The summed E-state index contributed by atoms with van der Waals surface area (Å²) < 4.78 is 0. The number of hydrogen-bond acceptors (Lipinski definition) is 3. The fourth-order valence-corrected chi connectivity index (χ4v) is 2.98. The van der Waals surface area contributed by atoms with E-state index in [9.17, 15) is 0 Å². The maximum absolute atomic E-state index is 6.07. The average molecular weight is 290 g/mol. The van der Waals surface area contributed by atoms with E-state index in [4.69, 9.17) is 16.6 Å². The first kappa shape index (κ1) is 13.7. The van der Waals surface area contributed by atoms with Gasteiger partial charge in [0.2, 0.25) is 0 Å². The van der Waals surface area contributed by atoms with Crippen molar-refractivity contribution >= 4 is 28.3 Å². The molecule has 1 saturated heterocycles. The van der Waals surface area contributed by atoms with Gasteiger partial charge in [-0.25, -0.2) is 4.98 Å². The number of benzene rings is 1. The molecule has 3 nitrogen and oxygen atoms in total. The highest BCUT2D eigenvalue weighted by molar-refractivity contribution is 6.31. The van der Waals surface area contributed by atoms with Gasteiger partial charge in [0.25, 0.3) is 0 Å². The third-order valence-electron chi connectivity index (χ3n) is 4.11. The van der Waals surface area contributed by atoms with Gasteiger partial charge in [-0.3, -0.25) is 0 Å². The van der Waals surface area contributed by atoms with Crippen LogP contribution < -0.4 is 4.90 Å². The van der Waals surface area contributed by atoms with Crippen molar-refractivity contribution in [3.8, 4) is 0 Å². The lowest BCUT2D eigenvalue weighted by Crippen LogP contribution is -2.46. The normalized spacial score (nSPS) is 16.9. The zero-order valence-corrected chi connectivity index (χ0v) is 12.8. The predicted octanol–water partition coefficient (Wildman–Crippen LogP) is 3.34. The number of aryl methyl sites for hydroxylation is 1. The maximum atomic E-state index is 6.07. The lowest BCUT2D eigenvalue weighted by molar-refractivity contribution is 0.270. The minimum Gasteiger partial charge on any atom is -0.354 e. The van der Waals surface area contributed by atoms with E-state index < -0.39 is 0 Å². The summed E-state index contributed by atoms with van der Waals surface area (Å²) in [7, 11) is 0. The summed E-state index contributed by atoms with van der Waals surface area (Å²) in [5.74, 6) is 1.09. The van der Waals surface area contributed by atoms with Crippen LogP contribution in [-0.4, -0.2) is 42.6 Å². The number of anilines is 1. The number of rotatable bonds is 2. The van der Waals surface area contributed by atoms with Gasteiger partial charge in [0.1, 0.15) is 5.82 Å². The first-order valence-electron chi connectivity index (χ1n) is 7.21. The van der Waals surface area contributed by atoms with Crippen molar-refractivity contribution in [3.63, 3.8) is 0 Å². The Kier molecular flexibility index (Phi) is 3.81. The van der Waals surface area contributed by atoms with Crippen LogP contribution in [0, 0.1) is 6.92 Å². The van der Waals surface area contributed by atoms with E-state index in [-0.39, 0.29) is 0 Å². The number of aromatic nitrogens is 1. The zero-order chi connectivity index (χ0) is 14.1. The highest BCUT2D eigenvalue weighted by atomic mass is 35.5. The van der Waals surface area contributed by atoms with Crippen molar-refractivity contribution in [3.05, 3.63) is 34.9 Å². The molecule has 1 aliphatic heterocycles. The minimum absolute atomic E-state index is 0.770. The number of fused-ring (bicyclic) bond motifs is 1. The van der Waals surface area contributed by atoms with E-state index in [2.05, 4.69) is 29.7 Å². The highest BCUT2D eigenvalue weighted by Crippen LogP contribution is 2.25. The van der Waals surface area contributed by atoms with Gasteiger partial charge in [-0.1, -0.05) is 18.5 Å². The van der Waals surface area contributed by atoms with Crippen LogP contribution in [0.3, 0.4) is 0 Å². The summed E-state index contributed by atoms with van der Waals surface area (Å²) in [5, 5.41) is 1.92. The Morgan fingerprint density at radius 1 is 1.15 bits per heavy atom. The third kappa shape index (κ3) is 2.60. The second-order valence-corrected chi connectivity index (χ2v) is 5.82. The summed E-state index contributed by atoms with van der Waals surface area (Å²) in [5.41, 5.74) is 2.27. The lowest BCUT2D eigenvalue weighted by atomic mass is 10.1. The quantitative estimate of drug-likeness (QED) is 0.845. The predicted molar refractivity (Wildman–Crippen MR) is 85.8 cm³/mol. The standard InChI is InChI=1S/C16H20ClN3/c1-3-19-6-8-20(9-7-19)16-10-12(2)14-11-13(17)4-5-15(14)18-16/h4-5,10-11H,3,6-9H2,1-2H3. The van der Waals surface area contributed by atoms with Crippen LogP contribution in [0.25, 0.3) is 10.9 Å². The van der Waals surface area contributed by atoms with Crippen LogP contribution in [0.2, 0.25) is 5.02 Å². The molecule has 0 saturated carbocycles. The largest absolute Gasteiger partial charge is 0.354 e. The Hall–Kier alpha value is -1.32. The van der Waals surface area contributed by atoms with Crippen LogP contribution in [0.5, 0.6) is 0 Å². The molecular weight excluding hydrogens is 270 g/mol. The summed E-state index contributed by atoms with van der Waals surface area (Å²) in [6, 6.07) is 8.10. The molecule has 0 spiro atoms. The van der Waals surface area contributed by atoms with E-state index in [1.807, 2.05) is 18.2 Å². The van der Waals surface area contributed by atoms with Gasteiger partial charge in [-0.05, 0) is 43.3 Å². The zero-order valence-electron chi connectivity index (χ0n) is 12.1. The second-order valence-electron chi connectivity index (χ2n) is 5.38. The molecule has 1 fully saturated rings. The molecule has 0 atom stereocenters. The first-order chi connectivity index (χ1) is 9.67. The lowest BCUT2D eigenvalue weighted by Gasteiger charge is -2.35. The Labute approximate surface area is 125 Å².